The summed E-state index contributed by atoms with van der Waals surface area (Å²) < 4.78 is 0. The van der Waals surface area contributed by atoms with Gasteiger partial charge in [-0.2, -0.15) is 0 Å². The summed E-state index contributed by atoms with van der Waals surface area (Å²) in [4.78, 5) is 0. The summed E-state index contributed by atoms with van der Waals surface area (Å²) in [6, 6.07) is 21.5. The summed E-state index contributed by atoms with van der Waals surface area (Å²) in [5.41, 5.74) is 2.85. The van der Waals surface area contributed by atoms with E-state index in [-0.39, 0.29) is 16.5 Å². The van der Waals surface area contributed by atoms with Gasteiger partial charge in [-0.25, -0.2) is 0 Å². The van der Waals surface area contributed by atoms with Gasteiger partial charge in [0.2, 0.25) is 0 Å². The predicted molar refractivity (Wildman–Crippen MR) is 123 cm³/mol. The molecule has 2 aliphatic rings. The van der Waals surface area contributed by atoms with Crippen LogP contribution in [0.15, 0.2) is 109 Å². The number of hydrogen-bond acceptors (Lipinski definition) is 0. The zero-order valence-corrected chi connectivity index (χ0v) is 18.1. The van der Waals surface area contributed by atoms with Crippen molar-refractivity contribution >= 4 is 0 Å². The van der Waals surface area contributed by atoms with Crippen LogP contribution in [0.4, 0.5) is 0 Å². The molecule has 1 heteroatoms. The Kier molecular flexibility index (Phi) is 11.2. The molecule has 154 valence electrons. The van der Waals surface area contributed by atoms with E-state index in [2.05, 4.69) is 109 Å². The topological polar surface area (TPSA) is 0 Å². The molecule has 0 saturated carbocycles. The van der Waals surface area contributed by atoms with Gasteiger partial charge in [0.15, 0.2) is 0 Å². The summed E-state index contributed by atoms with van der Waals surface area (Å²) in [5, 5.41) is 0. The van der Waals surface area contributed by atoms with E-state index in [0.717, 1.165) is 12.8 Å². The average molecular weight is 427 g/mol. The average Bonchev–Trinajstić information content (AvgIpc) is 2.69. The van der Waals surface area contributed by atoms with Crippen molar-refractivity contribution in [2.75, 3.05) is 0 Å². The Morgan fingerprint density at radius 3 is 1.24 bits per heavy atom. The SMILES string of the molecule is C1=C\CC(c2ccccc2)/C=C\CC/1.C1=C\CC(c2ccccc2)/C=C\CC/1.[Ni]. The molecular weight excluding hydrogens is 395 g/mol. The van der Waals surface area contributed by atoms with Crippen molar-refractivity contribution in [1.29, 1.82) is 0 Å². The molecule has 4 rings (SSSR count). The van der Waals surface area contributed by atoms with E-state index in [1.807, 2.05) is 0 Å². The van der Waals surface area contributed by atoms with Crippen LogP contribution in [0, 0.1) is 0 Å². The molecule has 0 amide bonds. The van der Waals surface area contributed by atoms with E-state index in [0.29, 0.717) is 11.8 Å². The molecule has 0 nitrogen and oxygen atoms in total. The fourth-order valence-electron chi connectivity index (χ4n) is 3.68. The minimum Gasteiger partial charge on any atom is -0.0882 e. The normalized spacial score (nSPS) is 25.2. The molecule has 2 atom stereocenters. The van der Waals surface area contributed by atoms with Gasteiger partial charge in [0.1, 0.15) is 0 Å². The summed E-state index contributed by atoms with van der Waals surface area (Å²) in [7, 11) is 0. The number of hydrogen-bond donors (Lipinski definition) is 0. The second-order valence-electron chi connectivity index (χ2n) is 7.46. The van der Waals surface area contributed by atoms with Crippen LogP contribution in [-0.4, -0.2) is 0 Å². The fraction of sp³-hybridized carbons (Fsp3) is 0.286. The van der Waals surface area contributed by atoms with Gasteiger partial charge in [0, 0.05) is 28.3 Å². The minimum absolute atomic E-state index is 0. The summed E-state index contributed by atoms with van der Waals surface area (Å²) in [6.07, 6.45) is 25.5. The largest absolute Gasteiger partial charge is 0.0882 e. The van der Waals surface area contributed by atoms with E-state index >= 15 is 0 Å². The molecule has 0 radical (unpaired) electrons. The molecule has 2 aromatic carbocycles. The van der Waals surface area contributed by atoms with Crippen molar-refractivity contribution in [2.45, 2.75) is 50.4 Å². The van der Waals surface area contributed by atoms with E-state index in [4.69, 9.17) is 0 Å². The van der Waals surface area contributed by atoms with E-state index < -0.39 is 0 Å². The molecule has 0 N–H and O–H groups in total. The quantitative estimate of drug-likeness (QED) is 0.335. The summed E-state index contributed by atoms with van der Waals surface area (Å²) >= 11 is 0. The first-order valence-corrected chi connectivity index (χ1v) is 10.7. The standard InChI is InChI=1S/2C14H16.Ni/c2*1-2-5-9-13(10-6-3-1)14-11-7-4-8-12-14;/h2*2,4-8,10-13H,1,3,9H2;/b2*5-2-,10-6-;. The summed E-state index contributed by atoms with van der Waals surface area (Å²) in [5.74, 6) is 1.15. The van der Waals surface area contributed by atoms with Gasteiger partial charge in [-0.1, -0.05) is 109 Å². The molecule has 0 aromatic heterocycles. The second-order valence-corrected chi connectivity index (χ2v) is 7.46. The Morgan fingerprint density at radius 2 is 0.828 bits per heavy atom. The number of benzene rings is 2. The van der Waals surface area contributed by atoms with Crippen LogP contribution in [0.2, 0.25) is 0 Å². The minimum atomic E-state index is 0. The van der Waals surface area contributed by atoms with Crippen LogP contribution in [0.3, 0.4) is 0 Å². The van der Waals surface area contributed by atoms with E-state index in [1.165, 1.54) is 36.8 Å². The van der Waals surface area contributed by atoms with Crippen LogP contribution in [-0.2, 0) is 16.5 Å². The third-order valence-electron chi connectivity index (χ3n) is 5.31. The van der Waals surface area contributed by atoms with Gasteiger partial charge in [0.25, 0.3) is 0 Å². The molecule has 2 unspecified atom stereocenters. The van der Waals surface area contributed by atoms with Gasteiger partial charge < -0.3 is 0 Å². The predicted octanol–water partition coefficient (Wildman–Crippen LogP) is 8.13. The van der Waals surface area contributed by atoms with Crippen LogP contribution in [0.25, 0.3) is 0 Å². The van der Waals surface area contributed by atoms with E-state index in [1.54, 1.807) is 0 Å². The maximum atomic E-state index is 2.35. The zero-order valence-electron chi connectivity index (χ0n) is 17.1. The Balaban J connectivity index is 0.000000200. The van der Waals surface area contributed by atoms with Gasteiger partial charge in [-0.05, 0) is 49.7 Å². The maximum absolute atomic E-state index is 2.35. The third-order valence-corrected chi connectivity index (χ3v) is 5.31. The van der Waals surface area contributed by atoms with Crippen LogP contribution in [0.1, 0.15) is 61.5 Å². The molecule has 2 aliphatic carbocycles. The number of rotatable bonds is 2. The smallest absolute Gasteiger partial charge is 0.00524 e. The van der Waals surface area contributed by atoms with Gasteiger partial charge in [-0.3, -0.25) is 0 Å². The van der Waals surface area contributed by atoms with Gasteiger partial charge >= 0.3 is 0 Å². The third kappa shape index (κ3) is 8.42. The Bertz CT molecular complexity index is 714. The van der Waals surface area contributed by atoms with Crippen molar-refractivity contribution in [1.82, 2.24) is 0 Å². The monoisotopic (exact) mass is 426 g/mol. The van der Waals surface area contributed by atoms with Crippen molar-refractivity contribution in [3.8, 4) is 0 Å². The maximum Gasteiger partial charge on any atom is 0.00524 e. The van der Waals surface area contributed by atoms with Crippen LogP contribution in [0.5, 0.6) is 0 Å². The first-order valence-electron chi connectivity index (χ1n) is 10.7. The zero-order chi connectivity index (χ0) is 19.3. The molecular formula is C28H32Ni. The molecule has 0 bridgehead atoms. The summed E-state index contributed by atoms with van der Waals surface area (Å²) in [6.45, 7) is 0. The molecule has 29 heavy (non-hydrogen) atoms. The second kappa shape index (κ2) is 14.0. The molecule has 0 spiro atoms. The molecule has 0 heterocycles. The molecule has 0 saturated heterocycles. The Hall–Kier alpha value is -2.11. The fourth-order valence-corrected chi connectivity index (χ4v) is 3.68. The molecule has 0 aliphatic heterocycles. The van der Waals surface area contributed by atoms with Crippen LogP contribution >= 0.6 is 0 Å². The first kappa shape index (κ1) is 23.2. The first-order chi connectivity index (χ1) is 13.9. The number of allylic oxidation sites excluding steroid dienone is 8. The molecule has 2 aromatic rings. The van der Waals surface area contributed by atoms with Crippen molar-refractivity contribution in [2.24, 2.45) is 0 Å². The van der Waals surface area contributed by atoms with Crippen molar-refractivity contribution in [3.63, 3.8) is 0 Å². The Morgan fingerprint density at radius 1 is 0.448 bits per heavy atom. The molecule has 0 fully saturated rings. The van der Waals surface area contributed by atoms with Crippen molar-refractivity contribution < 1.29 is 16.5 Å². The van der Waals surface area contributed by atoms with E-state index in [9.17, 15) is 0 Å². The van der Waals surface area contributed by atoms with Crippen molar-refractivity contribution in [3.05, 3.63) is 120 Å². The van der Waals surface area contributed by atoms with Gasteiger partial charge in [0.05, 0.1) is 0 Å². The van der Waals surface area contributed by atoms with Gasteiger partial charge in [-0.15, -0.1) is 0 Å². The Labute approximate surface area is 187 Å². The van der Waals surface area contributed by atoms with Crippen LogP contribution < -0.4 is 0 Å².